The molecular formula is C54H52N2. The largest absolute Gasteiger partial charge is 0.310 e. The number of rotatable bonds is 10. The maximum atomic E-state index is 2.37. The predicted molar refractivity (Wildman–Crippen MR) is 244 cm³/mol. The van der Waals surface area contributed by atoms with Crippen LogP contribution in [-0.2, 0) is 0 Å². The summed E-state index contributed by atoms with van der Waals surface area (Å²) in [6, 6.07) is 53.2. The van der Waals surface area contributed by atoms with Gasteiger partial charge in [0.05, 0.1) is 0 Å². The predicted octanol–water partition coefficient (Wildman–Crippen LogP) is 15.4. The minimum atomic E-state index is 1.16. The molecule has 0 amide bonds. The molecule has 0 atom stereocenters. The summed E-state index contributed by atoms with van der Waals surface area (Å²) in [6.07, 6.45) is 8.86. The second-order valence-corrected chi connectivity index (χ2v) is 15.3. The molecule has 0 aromatic heterocycles. The van der Waals surface area contributed by atoms with E-state index in [1.807, 2.05) is 0 Å². The first-order valence-corrected chi connectivity index (χ1v) is 19.6. The van der Waals surface area contributed by atoms with Crippen LogP contribution < -0.4 is 9.80 Å². The summed E-state index contributed by atoms with van der Waals surface area (Å²) < 4.78 is 0. The van der Waals surface area contributed by atoms with Gasteiger partial charge < -0.3 is 9.80 Å². The third kappa shape index (κ3) is 8.61. The van der Waals surface area contributed by atoms with Crippen molar-refractivity contribution in [1.29, 1.82) is 0 Å². The average Bonchev–Trinajstić information content (AvgIpc) is 3.17. The Labute approximate surface area is 334 Å². The second-order valence-electron chi connectivity index (χ2n) is 15.3. The first-order chi connectivity index (χ1) is 27.0. The van der Waals surface area contributed by atoms with Crippen molar-refractivity contribution >= 4 is 58.4 Å². The van der Waals surface area contributed by atoms with Gasteiger partial charge in [-0.05, 0) is 172 Å². The fraction of sp³-hybridized carbons (Fsp3) is 0.148. The average molecular weight is 729 g/mol. The lowest BCUT2D eigenvalue weighted by molar-refractivity contribution is 1.22. The van der Waals surface area contributed by atoms with Crippen LogP contribution >= 0.6 is 0 Å². The van der Waals surface area contributed by atoms with E-state index in [4.69, 9.17) is 0 Å². The monoisotopic (exact) mass is 728 g/mol. The Morgan fingerprint density at radius 1 is 0.304 bits per heavy atom. The highest BCUT2D eigenvalue weighted by molar-refractivity contribution is 5.83. The zero-order valence-corrected chi connectivity index (χ0v) is 34.1. The van der Waals surface area contributed by atoms with E-state index >= 15 is 0 Å². The Morgan fingerprint density at radius 2 is 0.679 bits per heavy atom. The molecular weight excluding hydrogens is 677 g/mol. The highest BCUT2D eigenvalue weighted by Gasteiger charge is 2.17. The van der Waals surface area contributed by atoms with E-state index in [0.717, 1.165) is 11.4 Å². The molecule has 0 aliphatic carbocycles. The fourth-order valence-electron chi connectivity index (χ4n) is 7.56. The van der Waals surface area contributed by atoms with Crippen LogP contribution in [0.4, 0.5) is 34.1 Å². The molecule has 0 heterocycles. The topological polar surface area (TPSA) is 6.48 Å². The van der Waals surface area contributed by atoms with Crippen LogP contribution in [0, 0.1) is 55.4 Å². The van der Waals surface area contributed by atoms with Gasteiger partial charge in [-0.3, -0.25) is 0 Å². The van der Waals surface area contributed by atoms with E-state index in [2.05, 4.69) is 235 Å². The minimum absolute atomic E-state index is 1.16. The Balaban J connectivity index is 1.08. The van der Waals surface area contributed by atoms with E-state index in [0.29, 0.717) is 0 Å². The van der Waals surface area contributed by atoms with Crippen molar-refractivity contribution in [1.82, 2.24) is 0 Å². The molecule has 0 aliphatic heterocycles. The first-order valence-electron chi connectivity index (χ1n) is 19.6. The van der Waals surface area contributed by atoms with Crippen molar-refractivity contribution in [3.8, 4) is 0 Å². The molecule has 0 saturated heterocycles. The highest BCUT2D eigenvalue weighted by Crippen LogP contribution is 2.39. The summed E-state index contributed by atoms with van der Waals surface area (Å²) in [5, 5.41) is 0. The van der Waals surface area contributed by atoms with Gasteiger partial charge in [-0.2, -0.15) is 0 Å². The lowest BCUT2D eigenvalue weighted by atomic mass is 10.0. The Hall–Kier alpha value is -6.38. The molecule has 0 unspecified atom stereocenters. The molecule has 0 saturated carbocycles. The molecule has 2 nitrogen and oxygen atoms in total. The normalized spacial score (nSPS) is 11.4. The molecule has 0 radical (unpaired) electrons. The lowest BCUT2D eigenvalue weighted by Crippen LogP contribution is -2.12. The molecule has 7 rings (SSSR count). The SMILES string of the molecule is Cc1cccc(N(c2ccc(/C=C/c3ccc(/C=C/c4ccc(N(c5cccc(C)c5)c5ccc(C)cc5C)cc4C)cc3)c(C)c2)c2ccc(C)cc2C)c1. The number of hydrogen-bond acceptors (Lipinski definition) is 2. The van der Waals surface area contributed by atoms with E-state index in [9.17, 15) is 0 Å². The van der Waals surface area contributed by atoms with Gasteiger partial charge in [-0.15, -0.1) is 0 Å². The zero-order valence-electron chi connectivity index (χ0n) is 34.1. The second kappa shape index (κ2) is 16.6. The maximum absolute atomic E-state index is 2.37. The van der Waals surface area contributed by atoms with Gasteiger partial charge in [0.1, 0.15) is 0 Å². The summed E-state index contributed by atoms with van der Waals surface area (Å²) in [5.41, 5.74) is 21.8. The fourth-order valence-corrected chi connectivity index (χ4v) is 7.56. The molecule has 0 fully saturated rings. The first kappa shape index (κ1) is 37.9. The number of hydrogen-bond donors (Lipinski definition) is 0. The van der Waals surface area contributed by atoms with E-state index in [1.54, 1.807) is 0 Å². The van der Waals surface area contributed by atoms with Gasteiger partial charge in [0, 0.05) is 34.1 Å². The van der Waals surface area contributed by atoms with Crippen LogP contribution in [0.15, 0.2) is 146 Å². The summed E-state index contributed by atoms with van der Waals surface area (Å²) in [7, 11) is 0. The smallest absolute Gasteiger partial charge is 0.0490 e. The van der Waals surface area contributed by atoms with E-state index in [1.165, 1.54) is 89.5 Å². The highest BCUT2D eigenvalue weighted by atomic mass is 15.1. The van der Waals surface area contributed by atoms with E-state index in [-0.39, 0.29) is 0 Å². The molecule has 0 spiro atoms. The van der Waals surface area contributed by atoms with Crippen LogP contribution in [0.5, 0.6) is 0 Å². The molecule has 7 aromatic carbocycles. The van der Waals surface area contributed by atoms with Crippen molar-refractivity contribution in [2.75, 3.05) is 9.80 Å². The summed E-state index contributed by atoms with van der Waals surface area (Å²) >= 11 is 0. The molecule has 0 N–H and O–H groups in total. The van der Waals surface area contributed by atoms with E-state index < -0.39 is 0 Å². The Morgan fingerprint density at radius 3 is 1.04 bits per heavy atom. The quantitative estimate of drug-likeness (QED) is 0.129. The Kier molecular flexibility index (Phi) is 11.2. The molecule has 56 heavy (non-hydrogen) atoms. The molecule has 7 aromatic rings. The van der Waals surface area contributed by atoms with Gasteiger partial charge in [-0.25, -0.2) is 0 Å². The van der Waals surface area contributed by atoms with Gasteiger partial charge >= 0.3 is 0 Å². The third-order valence-electron chi connectivity index (χ3n) is 10.6. The van der Waals surface area contributed by atoms with Crippen LogP contribution in [0.3, 0.4) is 0 Å². The van der Waals surface area contributed by atoms with Gasteiger partial charge in [0.2, 0.25) is 0 Å². The van der Waals surface area contributed by atoms with Crippen molar-refractivity contribution in [2.45, 2.75) is 55.4 Å². The van der Waals surface area contributed by atoms with Gasteiger partial charge in [0.15, 0.2) is 0 Å². The van der Waals surface area contributed by atoms with Crippen molar-refractivity contribution < 1.29 is 0 Å². The van der Waals surface area contributed by atoms with Crippen LogP contribution in [0.25, 0.3) is 24.3 Å². The zero-order chi connectivity index (χ0) is 39.3. The lowest BCUT2D eigenvalue weighted by Gasteiger charge is -2.28. The summed E-state index contributed by atoms with van der Waals surface area (Å²) in [6.45, 7) is 17.4. The third-order valence-corrected chi connectivity index (χ3v) is 10.6. The number of anilines is 6. The summed E-state index contributed by atoms with van der Waals surface area (Å²) in [4.78, 5) is 4.74. The van der Waals surface area contributed by atoms with Gasteiger partial charge in [0.25, 0.3) is 0 Å². The Bertz CT molecular complexity index is 2390. The van der Waals surface area contributed by atoms with Crippen LogP contribution in [0.1, 0.15) is 66.8 Å². The molecule has 278 valence electrons. The number of benzene rings is 7. The molecule has 0 bridgehead atoms. The van der Waals surface area contributed by atoms with Crippen molar-refractivity contribution in [3.63, 3.8) is 0 Å². The molecule has 0 aliphatic rings. The van der Waals surface area contributed by atoms with Crippen molar-refractivity contribution in [2.24, 2.45) is 0 Å². The van der Waals surface area contributed by atoms with Gasteiger partial charge in [-0.1, -0.05) is 120 Å². The van der Waals surface area contributed by atoms with Crippen molar-refractivity contribution in [3.05, 3.63) is 212 Å². The maximum Gasteiger partial charge on any atom is 0.0490 e. The number of aryl methyl sites for hydroxylation is 8. The summed E-state index contributed by atoms with van der Waals surface area (Å²) in [5.74, 6) is 0. The number of nitrogens with zero attached hydrogens (tertiary/aromatic N) is 2. The van der Waals surface area contributed by atoms with Crippen LogP contribution in [-0.4, -0.2) is 0 Å². The standard InChI is InChI=1S/C54H52N2/c1-37-11-9-13-49(33-37)55(53-29-15-39(3)31-43(53)7)51-27-25-47(41(5)35-51)23-21-45-17-19-46(20-18-45)22-24-48-26-28-52(36-42(48)6)56(50-14-10-12-38(2)34-50)54-30-16-40(4)32-44(54)8/h9-36H,1-8H3/b23-21+,24-22+. The minimum Gasteiger partial charge on any atom is -0.310 e. The van der Waals surface area contributed by atoms with Crippen LogP contribution in [0.2, 0.25) is 0 Å². The molecule has 2 heteroatoms.